The number of nitrogens with zero attached hydrogens (tertiary/aromatic N) is 1. The topological polar surface area (TPSA) is 75.7 Å². The van der Waals surface area contributed by atoms with Crippen LogP contribution in [0.2, 0.25) is 10.0 Å². The standard InChI is InChI=1S/C19H20Cl2N2O4S/c1-13-5-6-14(11-18(13)28(25,26)23-7-9-27-10-8-23)22-19(24)12-15-16(20)3-2-4-17(15)21/h2-6,11H,7-10,12H2,1H3,(H,22,24). The van der Waals surface area contributed by atoms with E-state index in [1.807, 2.05) is 0 Å². The summed E-state index contributed by atoms with van der Waals surface area (Å²) in [7, 11) is -3.66. The number of morpholine rings is 1. The Labute approximate surface area is 174 Å². The van der Waals surface area contributed by atoms with Crippen LogP contribution >= 0.6 is 23.2 Å². The minimum atomic E-state index is -3.66. The van der Waals surface area contributed by atoms with E-state index in [-0.39, 0.29) is 17.2 Å². The summed E-state index contributed by atoms with van der Waals surface area (Å²) in [6, 6.07) is 9.84. The largest absolute Gasteiger partial charge is 0.379 e. The van der Waals surface area contributed by atoms with Gasteiger partial charge in [0.1, 0.15) is 0 Å². The highest BCUT2D eigenvalue weighted by Gasteiger charge is 2.28. The average molecular weight is 443 g/mol. The highest BCUT2D eigenvalue weighted by Crippen LogP contribution is 2.27. The first-order valence-electron chi connectivity index (χ1n) is 8.70. The smallest absolute Gasteiger partial charge is 0.243 e. The van der Waals surface area contributed by atoms with E-state index >= 15 is 0 Å². The van der Waals surface area contributed by atoms with Crippen LogP contribution in [0.3, 0.4) is 0 Å². The fraction of sp³-hybridized carbons (Fsp3) is 0.316. The molecule has 6 nitrogen and oxygen atoms in total. The van der Waals surface area contributed by atoms with Crippen molar-refractivity contribution in [3.8, 4) is 0 Å². The Morgan fingerprint density at radius 3 is 2.43 bits per heavy atom. The van der Waals surface area contributed by atoms with Crippen LogP contribution in [0.1, 0.15) is 11.1 Å². The molecule has 1 heterocycles. The van der Waals surface area contributed by atoms with E-state index in [0.29, 0.717) is 53.2 Å². The number of sulfonamides is 1. The molecule has 0 unspecified atom stereocenters. The predicted molar refractivity (Wildman–Crippen MR) is 110 cm³/mol. The minimum absolute atomic E-state index is 0.0159. The van der Waals surface area contributed by atoms with E-state index in [2.05, 4.69) is 5.32 Å². The van der Waals surface area contributed by atoms with Crippen molar-refractivity contribution >= 4 is 44.8 Å². The first-order chi connectivity index (χ1) is 13.3. The van der Waals surface area contributed by atoms with Crippen molar-refractivity contribution in [2.24, 2.45) is 0 Å². The number of amides is 1. The monoisotopic (exact) mass is 442 g/mol. The quantitative estimate of drug-likeness (QED) is 0.768. The van der Waals surface area contributed by atoms with Gasteiger partial charge < -0.3 is 10.1 Å². The maximum Gasteiger partial charge on any atom is 0.243 e. The average Bonchev–Trinajstić information content (AvgIpc) is 2.67. The Morgan fingerprint density at radius 2 is 1.79 bits per heavy atom. The molecule has 2 aromatic rings. The van der Waals surface area contributed by atoms with Crippen molar-refractivity contribution in [3.63, 3.8) is 0 Å². The van der Waals surface area contributed by atoms with Gasteiger partial charge in [0.2, 0.25) is 15.9 Å². The summed E-state index contributed by atoms with van der Waals surface area (Å²) in [6.45, 7) is 3.08. The molecule has 0 aromatic heterocycles. The summed E-state index contributed by atoms with van der Waals surface area (Å²) in [5, 5.41) is 3.53. The summed E-state index contributed by atoms with van der Waals surface area (Å²) >= 11 is 12.2. The summed E-state index contributed by atoms with van der Waals surface area (Å²) < 4.78 is 32.5. The third-order valence-corrected chi connectivity index (χ3v) is 7.21. The van der Waals surface area contributed by atoms with Crippen LogP contribution in [-0.4, -0.2) is 44.9 Å². The normalized spacial score (nSPS) is 15.4. The Morgan fingerprint density at radius 1 is 1.14 bits per heavy atom. The number of rotatable bonds is 5. The molecular weight excluding hydrogens is 423 g/mol. The molecule has 1 fully saturated rings. The van der Waals surface area contributed by atoms with Crippen LogP contribution in [-0.2, 0) is 26.0 Å². The zero-order valence-corrected chi connectivity index (χ0v) is 17.6. The van der Waals surface area contributed by atoms with Crippen molar-refractivity contribution < 1.29 is 17.9 Å². The Hall–Kier alpha value is -1.64. The summed E-state index contributed by atoms with van der Waals surface area (Å²) in [5.74, 6) is -0.339. The third-order valence-electron chi connectivity index (χ3n) is 4.46. The lowest BCUT2D eigenvalue weighted by atomic mass is 10.1. The van der Waals surface area contributed by atoms with Gasteiger partial charge in [0.15, 0.2) is 0 Å². The molecule has 0 radical (unpaired) electrons. The molecule has 2 aromatic carbocycles. The summed E-state index contributed by atoms with van der Waals surface area (Å²) in [6.07, 6.45) is -0.0159. The number of ether oxygens (including phenoxy) is 1. The van der Waals surface area contributed by atoms with E-state index < -0.39 is 10.0 Å². The Kier molecular flexibility index (Phi) is 6.62. The molecule has 0 aliphatic carbocycles. The fourth-order valence-electron chi connectivity index (χ4n) is 2.95. The predicted octanol–water partition coefficient (Wildman–Crippen LogP) is 3.50. The molecule has 1 N–H and O–H groups in total. The van der Waals surface area contributed by atoms with Gasteiger partial charge in [-0.2, -0.15) is 4.31 Å². The second-order valence-corrected chi connectivity index (χ2v) is 9.14. The lowest BCUT2D eigenvalue weighted by Crippen LogP contribution is -2.40. The number of carbonyl (C=O) groups excluding carboxylic acids is 1. The first-order valence-corrected chi connectivity index (χ1v) is 10.9. The van der Waals surface area contributed by atoms with Crippen LogP contribution in [0.15, 0.2) is 41.3 Å². The van der Waals surface area contributed by atoms with Crippen molar-refractivity contribution in [2.45, 2.75) is 18.2 Å². The number of hydrogen-bond acceptors (Lipinski definition) is 4. The second-order valence-electron chi connectivity index (χ2n) is 6.42. The molecule has 28 heavy (non-hydrogen) atoms. The second kappa shape index (κ2) is 8.80. The molecule has 9 heteroatoms. The van der Waals surface area contributed by atoms with E-state index in [1.165, 1.54) is 10.4 Å². The SMILES string of the molecule is Cc1ccc(NC(=O)Cc2c(Cl)cccc2Cl)cc1S(=O)(=O)N1CCOCC1. The van der Waals surface area contributed by atoms with Gasteiger partial charge in [-0.25, -0.2) is 8.42 Å². The summed E-state index contributed by atoms with van der Waals surface area (Å²) in [5.41, 5.74) is 1.53. The molecule has 0 bridgehead atoms. The molecule has 0 spiro atoms. The van der Waals surface area contributed by atoms with Crippen LogP contribution in [0, 0.1) is 6.92 Å². The van der Waals surface area contributed by atoms with Crippen LogP contribution in [0.25, 0.3) is 0 Å². The highest BCUT2D eigenvalue weighted by molar-refractivity contribution is 7.89. The van der Waals surface area contributed by atoms with Crippen molar-refractivity contribution in [2.75, 3.05) is 31.6 Å². The Balaban J connectivity index is 1.80. The van der Waals surface area contributed by atoms with E-state index in [4.69, 9.17) is 27.9 Å². The minimum Gasteiger partial charge on any atom is -0.379 e. The number of carbonyl (C=O) groups is 1. The van der Waals surface area contributed by atoms with Gasteiger partial charge in [0, 0.05) is 28.8 Å². The van der Waals surface area contributed by atoms with Gasteiger partial charge in [0.05, 0.1) is 24.5 Å². The van der Waals surface area contributed by atoms with Crippen LogP contribution in [0.4, 0.5) is 5.69 Å². The number of aryl methyl sites for hydroxylation is 1. The molecule has 1 aliphatic rings. The maximum atomic E-state index is 12.9. The van der Waals surface area contributed by atoms with E-state index in [0.717, 1.165) is 0 Å². The first kappa shape index (κ1) is 21.1. The van der Waals surface area contributed by atoms with Gasteiger partial charge in [-0.15, -0.1) is 0 Å². The van der Waals surface area contributed by atoms with E-state index in [1.54, 1.807) is 37.3 Å². The molecule has 150 valence electrons. The number of benzene rings is 2. The number of anilines is 1. The Bertz CT molecular complexity index is 969. The zero-order valence-electron chi connectivity index (χ0n) is 15.2. The summed E-state index contributed by atoms with van der Waals surface area (Å²) in [4.78, 5) is 12.6. The zero-order chi connectivity index (χ0) is 20.3. The molecular formula is C19H20Cl2N2O4S. The van der Waals surface area contributed by atoms with Gasteiger partial charge >= 0.3 is 0 Å². The van der Waals surface area contributed by atoms with Crippen molar-refractivity contribution in [3.05, 3.63) is 57.6 Å². The van der Waals surface area contributed by atoms with Gasteiger partial charge in [-0.05, 0) is 42.3 Å². The van der Waals surface area contributed by atoms with Crippen molar-refractivity contribution in [1.82, 2.24) is 4.31 Å². The van der Waals surface area contributed by atoms with Crippen molar-refractivity contribution in [1.29, 1.82) is 0 Å². The lowest BCUT2D eigenvalue weighted by molar-refractivity contribution is -0.115. The molecule has 0 atom stereocenters. The number of halogens is 2. The van der Waals surface area contributed by atoms with E-state index in [9.17, 15) is 13.2 Å². The van der Waals surface area contributed by atoms with Gasteiger partial charge in [0.25, 0.3) is 0 Å². The number of nitrogens with one attached hydrogen (secondary N) is 1. The molecule has 3 rings (SSSR count). The highest BCUT2D eigenvalue weighted by atomic mass is 35.5. The third kappa shape index (κ3) is 4.67. The van der Waals surface area contributed by atoms with Gasteiger partial charge in [-0.1, -0.05) is 35.3 Å². The molecule has 1 saturated heterocycles. The maximum absolute atomic E-state index is 12.9. The van der Waals surface area contributed by atoms with Crippen LogP contribution in [0.5, 0.6) is 0 Å². The lowest BCUT2D eigenvalue weighted by Gasteiger charge is -2.26. The fourth-order valence-corrected chi connectivity index (χ4v) is 5.14. The molecule has 1 aliphatic heterocycles. The molecule has 0 saturated carbocycles. The number of hydrogen-bond donors (Lipinski definition) is 1. The van der Waals surface area contributed by atoms with Gasteiger partial charge in [-0.3, -0.25) is 4.79 Å². The molecule has 1 amide bonds. The van der Waals surface area contributed by atoms with Crippen LogP contribution < -0.4 is 5.32 Å².